The van der Waals surface area contributed by atoms with Crippen LogP contribution in [0.15, 0.2) is 18.7 Å². The van der Waals surface area contributed by atoms with Gasteiger partial charge < -0.3 is 19.6 Å². The summed E-state index contributed by atoms with van der Waals surface area (Å²) < 4.78 is 5.39. The first-order valence-corrected chi connectivity index (χ1v) is 7.92. The van der Waals surface area contributed by atoms with E-state index in [9.17, 15) is 14.7 Å². The second-order valence-electron chi connectivity index (χ2n) is 6.75. The average molecular weight is 332 g/mol. The Bertz CT molecular complexity index is 641. The number of nitrogens with zero attached hydrogens (tertiary/aromatic N) is 2. The molecule has 24 heavy (non-hydrogen) atoms. The third-order valence-corrected chi connectivity index (χ3v) is 3.79. The lowest BCUT2D eigenvalue weighted by atomic mass is 10.1. The van der Waals surface area contributed by atoms with Crippen LogP contribution in [0.5, 0.6) is 5.75 Å². The summed E-state index contributed by atoms with van der Waals surface area (Å²) in [5, 5.41) is 9.93. The van der Waals surface area contributed by atoms with Gasteiger partial charge in [0, 0.05) is 37.9 Å². The van der Waals surface area contributed by atoms with Crippen LogP contribution in [0, 0.1) is 0 Å². The van der Waals surface area contributed by atoms with Crippen molar-refractivity contribution in [1.82, 2.24) is 4.90 Å². The van der Waals surface area contributed by atoms with Gasteiger partial charge in [-0.1, -0.05) is 12.7 Å². The molecule has 1 fully saturated rings. The van der Waals surface area contributed by atoms with Crippen molar-refractivity contribution in [2.45, 2.75) is 26.4 Å². The van der Waals surface area contributed by atoms with Gasteiger partial charge in [-0.05, 0) is 32.4 Å². The van der Waals surface area contributed by atoms with Crippen molar-refractivity contribution in [2.24, 2.45) is 0 Å². The first kappa shape index (κ1) is 17.8. The Balaban J connectivity index is 2.10. The molecule has 0 aliphatic carbocycles. The molecule has 1 N–H and O–H groups in total. The summed E-state index contributed by atoms with van der Waals surface area (Å²) in [6.07, 6.45) is 1.96. The number of carbonyl (C=O) groups is 2. The van der Waals surface area contributed by atoms with Crippen LogP contribution in [0.2, 0.25) is 0 Å². The summed E-state index contributed by atoms with van der Waals surface area (Å²) in [7, 11) is 0. The largest absolute Gasteiger partial charge is 0.507 e. The van der Waals surface area contributed by atoms with Crippen molar-refractivity contribution in [3.8, 4) is 5.75 Å². The summed E-state index contributed by atoms with van der Waals surface area (Å²) >= 11 is 0. The van der Waals surface area contributed by atoms with Crippen molar-refractivity contribution < 1.29 is 19.4 Å². The maximum atomic E-state index is 12.1. The van der Waals surface area contributed by atoms with Gasteiger partial charge in [-0.25, -0.2) is 4.79 Å². The monoisotopic (exact) mass is 332 g/mol. The van der Waals surface area contributed by atoms with Crippen LogP contribution in [0.1, 0.15) is 36.7 Å². The Kier molecular flexibility index (Phi) is 5.17. The number of aromatic hydroxyl groups is 1. The molecule has 6 nitrogen and oxygen atoms in total. The molecule has 1 aromatic rings. The van der Waals surface area contributed by atoms with Crippen molar-refractivity contribution in [3.05, 3.63) is 29.8 Å². The van der Waals surface area contributed by atoms with E-state index in [2.05, 4.69) is 11.5 Å². The summed E-state index contributed by atoms with van der Waals surface area (Å²) in [5.74, 6) is -0.0554. The molecule has 0 unspecified atom stereocenters. The molecular formula is C18H24N2O4. The quantitative estimate of drug-likeness (QED) is 0.862. The molecule has 1 heterocycles. The molecule has 0 atom stereocenters. The fraction of sp³-hybridized carbons (Fsp3) is 0.444. The molecule has 0 saturated carbocycles. The van der Waals surface area contributed by atoms with Crippen LogP contribution in [0.3, 0.4) is 0 Å². The predicted octanol–water partition coefficient (Wildman–Crippen LogP) is 2.90. The van der Waals surface area contributed by atoms with Gasteiger partial charge in [0.05, 0.1) is 5.56 Å². The lowest BCUT2D eigenvalue weighted by Crippen LogP contribution is -2.50. The number of phenols is 1. The molecule has 130 valence electrons. The Morgan fingerprint density at radius 3 is 2.33 bits per heavy atom. The molecule has 1 amide bonds. The van der Waals surface area contributed by atoms with E-state index in [0.717, 1.165) is 11.3 Å². The van der Waals surface area contributed by atoms with Crippen LogP contribution in [0.25, 0.3) is 6.08 Å². The fourth-order valence-electron chi connectivity index (χ4n) is 2.60. The predicted molar refractivity (Wildman–Crippen MR) is 93.6 cm³/mol. The lowest BCUT2D eigenvalue weighted by molar-refractivity contribution is 0.0240. The summed E-state index contributed by atoms with van der Waals surface area (Å²) in [6.45, 7) is 11.6. The number of rotatable bonds is 3. The fourth-order valence-corrected chi connectivity index (χ4v) is 2.60. The van der Waals surface area contributed by atoms with E-state index in [1.807, 2.05) is 20.8 Å². The van der Waals surface area contributed by atoms with E-state index in [1.165, 1.54) is 0 Å². The molecule has 0 spiro atoms. The molecule has 1 aliphatic heterocycles. The number of anilines is 1. The van der Waals surface area contributed by atoms with Crippen molar-refractivity contribution in [1.29, 1.82) is 0 Å². The number of ether oxygens (including phenoxy) is 1. The number of amides is 1. The molecule has 0 bridgehead atoms. The van der Waals surface area contributed by atoms with Crippen molar-refractivity contribution >= 4 is 24.1 Å². The highest BCUT2D eigenvalue weighted by molar-refractivity contribution is 5.84. The van der Waals surface area contributed by atoms with Gasteiger partial charge in [-0.3, -0.25) is 4.79 Å². The normalized spacial score (nSPS) is 15.1. The van der Waals surface area contributed by atoms with Gasteiger partial charge in [0.1, 0.15) is 11.4 Å². The lowest BCUT2D eigenvalue weighted by Gasteiger charge is -2.37. The Hall–Kier alpha value is -2.50. The number of benzene rings is 1. The van der Waals surface area contributed by atoms with Gasteiger partial charge in [-0.15, -0.1) is 0 Å². The average Bonchev–Trinajstić information content (AvgIpc) is 2.53. The molecule has 0 aromatic heterocycles. The highest BCUT2D eigenvalue weighted by Crippen LogP contribution is 2.30. The van der Waals surface area contributed by atoms with Gasteiger partial charge in [-0.2, -0.15) is 0 Å². The van der Waals surface area contributed by atoms with E-state index in [0.29, 0.717) is 32.5 Å². The molecule has 1 aliphatic rings. The molecule has 1 saturated heterocycles. The van der Waals surface area contributed by atoms with Crippen molar-refractivity contribution in [3.63, 3.8) is 0 Å². The Morgan fingerprint density at radius 1 is 1.21 bits per heavy atom. The SMILES string of the molecule is C=Cc1cc(C=O)c(O)cc1N1CCN(C(=O)OC(C)(C)C)CC1. The van der Waals surface area contributed by atoms with E-state index in [4.69, 9.17) is 4.74 Å². The number of carbonyl (C=O) groups excluding carboxylic acids is 2. The van der Waals surface area contributed by atoms with E-state index in [-0.39, 0.29) is 17.4 Å². The Labute approximate surface area is 142 Å². The van der Waals surface area contributed by atoms with E-state index < -0.39 is 5.60 Å². The standard InChI is InChI=1S/C18H24N2O4/c1-5-13-10-14(12-21)16(22)11-15(13)19-6-8-20(9-7-19)17(23)24-18(2,3)4/h5,10-12,22H,1,6-9H2,2-4H3. The third-order valence-electron chi connectivity index (χ3n) is 3.79. The van der Waals surface area contributed by atoms with Crippen LogP contribution in [0.4, 0.5) is 10.5 Å². The molecule has 1 aromatic carbocycles. The minimum Gasteiger partial charge on any atom is -0.507 e. The number of piperazine rings is 1. The Morgan fingerprint density at radius 2 is 1.83 bits per heavy atom. The molecular weight excluding hydrogens is 308 g/mol. The second-order valence-corrected chi connectivity index (χ2v) is 6.75. The maximum Gasteiger partial charge on any atom is 0.410 e. The van der Waals surface area contributed by atoms with E-state index in [1.54, 1.807) is 23.1 Å². The zero-order chi connectivity index (χ0) is 17.9. The number of hydrogen-bond acceptors (Lipinski definition) is 5. The molecule has 6 heteroatoms. The molecule has 0 radical (unpaired) electrons. The summed E-state index contributed by atoms with van der Waals surface area (Å²) in [4.78, 5) is 26.8. The van der Waals surface area contributed by atoms with Crippen LogP contribution < -0.4 is 4.90 Å². The first-order valence-electron chi connectivity index (χ1n) is 7.92. The second kappa shape index (κ2) is 6.95. The minimum absolute atomic E-state index is 0.0554. The smallest absolute Gasteiger partial charge is 0.410 e. The van der Waals surface area contributed by atoms with Gasteiger partial charge in [0.25, 0.3) is 0 Å². The van der Waals surface area contributed by atoms with Gasteiger partial charge >= 0.3 is 6.09 Å². The maximum absolute atomic E-state index is 12.1. The third kappa shape index (κ3) is 4.07. The van der Waals surface area contributed by atoms with E-state index >= 15 is 0 Å². The zero-order valence-electron chi connectivity index (χ0n) is 14.4. The van der Waals surface area contributed by atoms with Crippen molar-refractivity contribution in [2.75, 3.05) is 31.1 Å². The number of phenolic OH excluding ortho intramolecular Hbond substituents is 1. The van der Waals surface area contributed by atoms with Crippen LogP contribution in [-0.2, 0) is 4.74 Å². The first-order chi connectivity index (χ1) is 11.2. The summed E-state index contributed by atoms with van der Waals surface area (Å²) in [5.41, 5.74) is 1.30. The van der Waals surface area contributed by atoms with Gasteiger partial charge in [0.15, 0.2) is 6.29 Å². The number of hydrogen-bond donors (Lipinski definition) is 1. The summed E-state index contributed by atoms with van der Waals surface area (Å²) in [6, 6.07) is 3.19. The topological polar surface area (TPSA) is 70.1 Å². The van der Waals surface area contributed by atoms with Gasteiger partial charge in [0.2, 0.25) is 0 Å². The van der Waals surface area contributed by atoms with Crippen LogP contribution >= 0.6 is 0 Å². The minimum atomic E-state index is -0.513. The molecule has 2 rings (SSSR count). The van der Waals surface area contributed by atoms with Crippen LogP contribution in [-0.4, -0.2) is 54.2 Å². The highest BCUT2D eigenvalue weighted by Gasteiger charge is 2.26. The zero-order valence-corrected chi connectivity index (χ0v) is 14.4. The highest BCUT2D eigenvalue weighted by atomic mass is 16.6. The number of aldehydes is 1.